The molecule has 0 amide bonds. The van der Waals surface area contributed by atoms with E-state index in [-0.39, 0.29) is 6.04 Å². The Hall–Kier alpha value is -1.10. The normalized spacial score (nSPS) is 12.8. The number of benzene rings is 1. The number of aryl methyl sites for hydroxylation is 2. The van der Waals surface area contributed by atoms with Crippen molar-refractivity contribution >= 4 is 0 Å². The molecule has 0 heterocycles. The number of methoxy groups -OCH3 is 1. The predicted octanol–water partition coefficient (Wildman–Crippen LogP) is 2.55. The van der Waals surface area contributed by atoms with E-state index in [0.29, 0.717) is 0 Å². The van der Waals surface area contributed by atoms with E-state index in [4.69, 9.17) is 10.6 Å². The highest BCUT2D eigenvalue weighted by Crippen LogP contribution is 2.31. The Morgan fingerprint density at radius 3 is 2.40 bits per heavy atom. The summed E-state index contributed by atoms with van der Waals surface area (Å²) < 4.78 is 5.54. The van der Waals surface area contributed by atoms with Gasteiger partial charge in [0.05, 0.1) is 13.2 Å². The van der Waals surface area contributed by atoms with Crippen molar-refractivity contribution in [1.82, 2.24) is 10.3 Å². The number of hydrogen-bond donors (Lipinski definition) is 2. The average Bonchev–Trinajstić information content (AvgIpc) is 2.44. The topological polar surface area (TPSA) is 50.5 Å². The number of rotatable bonds is 8. The molecule has 1 aromatic carbocycles. The molecule has 1 unspecified atom stereocenters. The fraction of sp³-hybridized carbons (Fsp3) is 0.625. The Morgan fingerprint density at radius 2 is 1.90 bits per heavy atom. The van der Waals surface area contributed by atoms with Gasteiger partial charge in [-0.1, -0.05) is 19.9 Å². The van der Waals surface area contributed by atoms with Crippen LogP contribution < -0.4 is 16.0 Å². The molecule has 0 aromatic heterocycles. The second kappa shape index (κ2) is 8.25. The van der Waals surface area contributed by atoms with Crippen LogP contribution in [0.1, 0.15) is 43.0 Å². The van der Waals surface area contributed by atoms with Crippen molar-refractivity contribution in [2.75, 3.05) is 26.7 Å². The van der Waals surface area contributed by atoms with Crippen molar-refractivity contribution < 1.29 is 4.74 Å². The largest absolute Gasteiger partial charge is 0.496 e. The summed E-state index contributed by atoms with van der Waals surface area (Å²) in [5, 5.41) is 0. The number of nitrogens with zero attached hydrogens (tertiary/aromatic N) is 1. The Morgan fingerprint density at radius 1 is 1.25 bits per heavy atom. The second-order valence-corrected chi connectivity index (χ2v) is 5.23. The molecule has 3 N–H and O–H groups in total. The number of hydrazine groups is 1. The van der Waals surface area contributed by atoms with Crippen LogP contribution in [0.2, 0.25) is 0 Å². The minimum absolute atomic E-state index is 0.117. The summed E-state index contributed by atoms with van der Waals surface area (Å²) in [6, 6.07) is 4.37. The highest BCUT2D eigenvalue weighted by atomic mass is 16.5. The standard InChI is InChI=1S/C16H29N3O/c1-6-19(7-2)9-8-14(18-17)16-13(4)10-12(3)11-15(16)20-5/h10-11,14,18H,6-9,17H2,1-5H3. The zero-order chi connectivity index (χ0) is 15.1. The van der Waals surface area contributed by atoms with Gasteiger partial charge in [-0.2, -0.15) is 0 Å². The van der Waals surface area contributed by atoms with Crippen LogP contribution in [0.3, 0.4) is 0 Å². The molecule has 0 fully saturated rings. The van der Waals surface area contributed by atoms with Crippen molar-refractivity contribution in [3.8, 4) is 5.75 Å². The van der Waals surface area contributed by atoms with Crippen molar-refractivity contribution in [2.45, 2.75) is 40.2 Å². The molecule has 0 aliphatic rings. The molecular formula is C16H29N3O. The molecule has 0 saturated heterocycles. The SMILES string of the molecule is CCN(CC)CCC(NN)c1c(C)cc(C)cc1OC. The van der Waals surface area contributed by atoms with Crippen LogP contribution in [0, 0.1) is 13.8 Å². The van der Waals surface area contributed by atoms with E-state index in [1.807, 2.05) is 0 Å². The van der Waals surface area contributed by atoms with Crippen LogP contribution in [0.5, 0.6) is 5.75 Å². The van der Waals surface area contributed by atoms with Gasteiger partial charge in [0.25, 0.3) is 0 Å². The van der Waals surface area contributed by atoms with E-state index in [1.165, 1.54) is 16.7 Å². The molecule has 0 aliphatic carbocycles. The van der Waals surface area contributed by atoms with Crippen LogP contribution in [0.15, 0.2) is 12.1 Å². The lowest BCUT2D eigenvalue weighted by molar-refractivity contribution is 0.280. The third-order valence-corrected chi connectivity index (χ3v) is 3.89. The van der Waals surface area contributed by atoms with E-state index in [0.717, 1.165) is 31.8 Å². The lowest BCUT2D eigenvalue weighted by atomic mass is 9.96. The fourth-order valence-corrected chi connectivity index (χ4v) is 2.72. The monoisotopic (exact) mass is 279 g/mol. The van der Waals surface area contributed by atoms with Crippen LogP contribution in [-0.4, -0.2) is 31.6 Å². The highest BCUT2D eigenvalue weighted by Gasteiger charge is 2.18. The first-order valence-electron chi connectivity index (χ1n) is 7.40. The Kier molecular flexibility index (Phi) is 6.99. The zero-order valence-electron chi connectivity index (χ0n) is 13.5. The molecule has 4 heteroatoms. The number of nitrogens with one attached hydrogen (secondary N) is 1. The maximum absolute atomic E-state index is 5.78. The number of ether oxygens (including phenoxy) is 1. The van der Waals surface area contributed by atoms with Crippen LogP contribution in [0.25, 0.3) is 0 Å². The van der Waals surface area contributed by atoms with Gasteiger partial charge in [0.2, 0.25) is 0 Å². The third kappa shape index (κ3) is 4.20. The lowest BCUT2D eigenvalue weighted by Crippen LogP contribution is -2.33. The molecule has 1 rings (SSSR count). The van der Waals surface area contributed by atoms with Gasteiger partial charge in [0.15, 0.2) is 0 Å². The van der Waals surface area contributed by atoms with Gasteiger partial charge in [0.1, 0.15) is 5.75 Å². The summed E-state index contributed by atoms with van der Waals surface area (Å²) in [6.07, 6.45) is 0.971. The smallest absolute Gasteiger partial charge is 0.124 e. The third-order valence-electron chi connectivity index (χ3n) is 3.89. The maximum atomic E-state index is 5.78. The van der Waals surface area contributed by atoms with Crippen LogP contribution >= 0.6 is 0 Å². The Labute approximate surface area is 123 Å². The first kappa shape index (κ1) is 17.0. The Bertz CT molecular complexity index is 416. The molecule has 0 radical (unpaired) electrons. The molecule has 1 aromatic rings. The van der Waals surface area contributed by atoms with Gasteiger partial charge in [-0.15, -0.1) is 0 Å². The van der Waals surface area contributed by atoms with E-state index < -0.39 is 0 Å². The maximum Gasteiger partial charge on any atom is 0.124 e. The average molecular weight is 279 g/mol. The second-order valence-electron chi connectivity index (χ2n) is 5.23. The quantitative estimate of drug-likeness (QED) is 0.567. The van der Waals surface area contributed by atoms with Gasteiger partial charge in [-0.25, -0.2) is 0 Å². The summed E-state index contributed by atoms with van der Waals surface area (Å²) in [6.45, 7) is 11.7. The lowest BCUT2D eigenvalue weighted by Gasteiger charge is -2.25. The minimum atomic E-state index is 0.117. The number of nitrogens with two attached hydrogens (primary N) is 1. The fourth-order valence-electron chi connectivity index (χ4n) is 2.72. The molecule has 0 spiro atoms. The van der Waals surface area contributed by atoms with E-state index in [1.54, 1.807) is 7.11 Å². The molecule has 0 saturated carbocycles. The van der Waals surface area contributed by atoms with Crippen molar-refractivity contribution in [2.24, 2.45) is 5.84 Å². The summed E-state index contributed by atoms with van der Waals surface area (Å²) >= 11 is 0. The van der Waals surface area contributed by atoms with Gasteiger partial charge in [-0.3, -0.25) is 11.3 Å². The van der Waals surface area contributed by atoms with Gasteiger partial charge in [0, 0.05) is 5.56 Å². The van der Waals surface area contributed by atoms with Crippen LogP contribution in [0.4, 0.5) is 0 Å². The first-order valence-corrected chi connectivity index (χ1v) is 7.40. The summed E-state index contributed by atoms with van der Waals surface area (Å²) in [7, 11) is 1.72. The predicted molar refractivity (Wildman–Crippen MR) is 84.9 cm³/mol. The van der Waals surface area contributed by atoms with E-state index in [9.17, 15) is 0 Å². The molecule has 114 valence electrons. The van der Waals surface area contributed by atoms with E-state index >= 15 is 0 Å². The van der Waals surface area contributed by atoms with Crippen molar-refractivity contribution in [3.05, 3.63) is 28.8 Å². The zero-order valence-corrected chi connectivity index (χ0v) is 13.5. The van der Waals surface area contributed by atoms with Gasteiger partial charge < -0.3 is 9.64 Å². The molecule has 1 atom stereocenters. The first-order chi connectivity index (χ1) is 9.57. The molecule has 0 bridgehead atoms. The summed E-state index contributed by atoms with van der Waals surface area (Å²) in [5.74, 6) is 6.70. The molecular weight excluding hydrogens is 250 g/mol. The molecule has 20 heavy (non-hydrogen) atoms. The van der Waals surface area contributed by atoms with E-state index in [2.05, 4.69) is 50.2 Å². The van der Waals surface area contributed by atoms with Crippen molar-refractivity contribution in [3.63, 3.8) is 0 Å². The molecule has 4 nitrogen and oxygen atoms in total. The van der Waals surface area contributed by atoms with Gasteiger partial charge >= 0.3 is 0 Å². The highest BCUT2D eigenvalue weighted by molar-refractivity contribution is 5.45. The number of hydrogen-bond acceptors (Lipinski definition) is 4. The summed E-state index contributed by atoms with van der Waals surface area (Å²) in [5.41, 5.74) is 6.56. The van der Waals surface area contributed by atoms with Crippen molar-refractivity contribution in [1.29, 1.82) is 0 Å². The minimum Gasteiger partial charge on any atom is -0.496 e. The summed E-state index contributed by atoms with van der Waals surface area (Å²) in [4.78, 5) is 2.40. The van der Waals surface area contributed by atoms with Gasteiger partial charge in [-0.05, 0) is 57.1 Å². The Balaban J connectivity index is 2.94. The van der Waals surface area contributed by atoms with Crippen LogP contribution in [-0.2, 0) is 0 Å². The molecule has 0 aliphatic heterocycles.